The Hall–Kier alpha value is 0.799. The van der Waals surface area contributed by atoms with Crippen molar-refractivity contribution in [1.29, 1.82) is 0 Å². The number of hydrogen-bond acceptors (Lipinski definition) is 6. The number of hydrogen-bond donors (Lipinski definition) is 0. The molecule has 2 rings (SSSR count). The van der Waals surface area contributed by atoms with Crippen molar-refractivity contribution in [2.45, 2.75) is 53.4 Å². The molecule has 0 N–H and O–H groups in total. The summed E-state index contributed by atoms with van der Waals surface area (Å²) >= 11 is 0. The normalized spacial score (nSPS) is 21.9. The fraction of sp³-hybridized carbons (Fsp3) is 1.00. The van der Waals surface area contributed by atoms with Gasteiger partial charge in [0, 0.05) is 126 Å². The van der Waals surface area contributed by atoms with Crippen LogP contribution in [-0.2, 0) is 34.1 Å². The molecule has 2 radical (unpaired) electrons. The predicted molar refractivity (Wildman–Crippen MR) is 140 cm³/mol. The topological polar surface area (TPSA) is 19.4 Å². The second kappa shape index (κ2) is 21.8. The Balaban J connectivity index is 0.00000544. The summed E-state index contributed by atoms with van der Waals surface area (Å²) in [6, 6.07) is 0. The van der Waals surface area contributed by atoms with E-state index in [0.717, 1.165) is 0 Å². The first kappa shape index (κ1) is 34.8. The van der Waals surface area contributed by atoms with Gasteiger partial charge in [0.05, 0.1) is 0 Å². The molecule has 212 valence electrons. The van der Waals surface area contributed by atoms with Gasteiger partial charge in [0.1, 0.15) is 0 Å². The van der Waals surface area contributed by atoms with E-state index in [9.17, 15) is 0 Å². The molecule has 0 aromatic carbocycles. The Kier molecular flexibility index (Phi) is 22.4. The van der Waals surface area contributed by atoms with Crippen LogP contribution in [0.5, 0.6) is 0 Å². The average Bonchev–Trinajstić information content (AvgIpc) is 2.94. The van der Waals surface area contributed by atoms with Crippen LogP contribution < -0.4 is 0 Å². The minimum Gasteiger partial charge on any atom is -0.301 e. The predicted octanol–water partition coefficient (Wildman–Crippen LogP) is 2.46. The molecule has 2 saturated heterocycles. The van der Waals surface area contributed by atoms with Crippen molar-refractivity contribution in [1.82, 2.24) is 29.4 Å². The molecule has 0 atom stereocenters. The van der Waals surface area contributed by atoms with Crippen LogP contribution in [0, 0.1) is 0 Å². The van der Waals surface area contributed by atoms with Crippen molar-refractivity contribution < 1.29 is 34.1 Å². The van der Waals surface area contributed by atoms with E-state index in [1.54, 1.807) is 0 Å². The van der Waals surface area contributed by atoms with Crippen LogP contribution in [0.2, 0.25) is 0 Å². The van der Waals surface area contributed by atoms with Gasteiger partial charge in [0.2, 0.25) is 0 Å². The van der Waals surface area contributed by atoms with Gasteiger partial charge in [-0.1, -0.05) is 27.7 Å². The Labute approximate surface area is 234 Å². The van der Waals surface area contributed by atoms with Crippen molar-refractivity contribution in [3.63, 3.8) is 0 Å². The molecule has 0 bridgehead atoms. The number of rotatable bonds is 11. The van der Waals surface area contributed by atoms with Gasteiger partial charge in [-0.3, -0.25) is 9.80 Å². The molecule has 6 nitrogen and oxygen atoms in total. The monoisotopic (exact) mass is 578 g/mol. The van der Waals surface area contributed by atoms with E-state index in [1.807, 2.05) is 0 Å². The Morgan fingerprint density at radius 3 is 0.588 bits per heavy atom. The molecule has 0 spiro atoms. The first-order valence-corrected chi connectivity index (χ1v) is 14.0. The van der Waals surface area contributed by atoms with Crippen LogP contribution in [0.1, 0.15) is 53.4 Å². The van der Waals surface area contributed by atoms with E-state index >= 15 is 0 Å². The van der Waals surface area contributed by atoms with E-state index in [2.05, 4.69) is 57.1 Å². The van der Waals surface area contributed by atoms with E-state index in [-0.39, 0.29) is 34.1 Å². The van der Waals surface area contributed by atoms with Crippen LogP contribution >= 0.6 is 0 Å². The van der Waals surface area contributed by atoms with Crippen LogP contribution in [0.4, 0.5) is 0 Å². The molecule has 0 amide bonds. The van der Waals surface area contributed by atoms with Crippen molar-refractivity contribution in [3.05, 3.63) is 0 Å². The zero-order valence-corrected chi connectivity index (χ0v) is 24.7. The summed E-state index contributed by atoms with van der Waals surface area (Å²) in [6.45, 7) is 31.6. The molecular weight excluding hydrogens is 523 g/mol. The minimum absolute atomic E-state index is 0. The smallest absolute Gasteiger partial charge is 0.0110 e. The first-order chi connectivity index (χ1) is 15.7. The standard InChI is InChI=1S/C26H56N6.2Cu/c1-5-9-27-13-14-28(10-6-2)18-22-31(21-17-27)25-26-32-23-19-29(11-7-3)15-16-30(12-8-4)20-24-32;;/h5-26H2,1-4H3;;. The van der Waals surface area contributed by atoms with Gasteiger partial charge in [-0.25, -0.2) is 0 Å². The third-order valence-corrected chi connectivity index (χ3v) is 7.29. The molecule has 0 saturated carbocycles. The summed E-state index contributed by atoms with van der Waals surface area (Å²) in [4.78, 5) is 16.3. The quantitative estimate of drug-likeness (QED) is 0.348. The van der Waals surface area contributed by atoms with Crippen LogP contribution in [-0.4, -0.2) is 147 Å². The van der Waals surface area contributed by atoms with Gasteiger partial charge in [-0.05, 0) is 51.9 Å². The fourth-order valence-corrected chi connectivity index (χ4v) is 5.26. The molecule has 8 heteroatoms. The van der Waals surface area contributed by atoms with Crippen molar-refractivity contribution in [2.24, 2.45) is 0 Å². The molecule has 0 aromatic rings. The van der Waals surface area contributed by atoms with E-state index in [0.29, 0.717) is 0 Å². The van der Waals surface area contributed by atoms with Gasteiger partial charge >= 0.3 is 0 Å². The maximum Gasteiger partial charge on any atom is 0.0110 e. The van der Waals surface area contributed by atoms with E-state index in [1.165, 1.54) is 143 Å². The minimum atomic E-state index is 0. The Bertz CT molecular complexity index is 383. The molecule has 0 aliphatic carbocycles. The van der Waals surface area contributed by atoms with Crippen molar-refractivity contribution in [2.75, 3.05) is 118 Å². The molecule has 2 fully saturated rings. The van der Waals surface area contributed by atoms with Crippen molar-refractivity contribution in [3.8, 4) is 0 Å². The van der Waals surface area contributed by atoms with Crippen LogP contribution in [0.3, 0.4) is 0 Å². The maximum absolute atomic E-state index is 2.76. The molecule has 2 heterocycles. The molecule has 34 heavy (non-hydrogen) atoms. The summed E-state index contributed by atoms with van der Waals surface area (Å²) in [5.74, 6) is 0. The summed E-state index contributed by atoms with van der Waals surface area (Å²) in [5.41, 5.74) is 0. The molecule has 0 unspecified atom stereocenters. The Morgan fingerprint density at radius 2 is 0.441 bits per heavy atom. The molecule has 0 aromatic heterocycles. The summed E-state index contributed by atoms with van der Waals surface area (Å²) < 4.78 is 0. The summed E-state index contributed by atoms with van der Waals surface area (Å²) in [7, 11) is 0. The second-order valence-electron chi connectivity index (χ2n) is 10.0. The molecule has 2 aliphatic rings. The van der Waals surface area contributed by atoms with Crippen molar-refractivity contribution >= 4 is 0 Å². The second-order valence-corrected chi connectivity index (χ2v) is 10.0. The van der Waals surface area contributed by atoms with E-state index < -0.39 is 0 Å². The average molecular weight is 580 g/mol. The van der Waals surface area contributed by atoms with Crippen LogP contribution in [0.25, 0.3) is 0 Å². The first-order valence-electron chi connectivity index (χ1n) is 14.0. The summed E-state index contributed by atoms with van der Waals surface area (Å²) in [5, 5.41) is 0. The maximum atomic E-state index is 2.76. The largest absolute Gasteiger partial charge is 0.301 e. The van der Waals surface area contributed by atoms with Gasteiger partial charge < -0.3 is 19.6 Å². The molecular formula is C26H56Cu2N6. The van der Waals surface area contributed by atoms with Gasteiger partial charge in [0.15, 0.2) is 0 Å². The third kappa shape index (κ3) is 14.5. The van der Waals surface area contributed by atoms with Crippen LogP contribution in [0.15, 0.2) is 0 Å². The zero-order chi connectivity index (χ0) is 23.0. The SMILES string of the molecule is CCCN1CCN(CCC)CCN(CCN2CCN(CCC)CCN(CCC)CC2)CC1.[Cu].[Cu]. The van der Waals surface area contributed by atoms with Gasteiger partial charge in [-0.2, -0.15) is 0 Å². The zero-order valence-electron chi connectivity index (χ0n) is 22.8. The van der Waals surface area contributed by atoms with E-state index in [4.69, 9.17) is 0 Å². The third-order valence-electron chi connectivity index (χ3n) is 7.29. The fourth-order valence-electron chi connectivity index (χ4n) is 5.26. The van der Waals surface area contributed by atoms with Gasteiger partial charge in [0.25, 0.3) is 0 Å². The van der Waals surface area contributed by atoms with Gasteiger partial charge in [-0.15, -0.1) is 0 Å². The Morgan fingerprint density at radius 1 is 0.294 bits per heavy atom. The number of nitrogens with zero attached hydrogens (tertiary/aromatic N) is 6. The summed E-state index contributed by atoms with van der Waals surface area (Å²) in [6.07, 6.45) is 5.07. The molecule has 2 aliphatic heterocycles.